The molecule has 1 aliphatic carbocycles. The van der Waals surface area contributed by atoms with E-state index in [4.69, 9.17) is 0 Å². The number of aliphatic hydroxyl groups is 1. The summed E-state index contributed by atoms with van der Waals surface area (Å²) in [5.74, 6) is 1.17. The third-order valence-electron chi connectivity index (χ3n) is 3.71. The lowest BCUT2D eigenvalue weighted by Crippen LogP contribution is -2.41. The van der Waals surface area contributed by atoms with Crippen LogP contribution in [0.1, 0.15) is 44.2 Å². The SMILES string of the molecule is CC(C)CC(C)(O)CNCC1Cc2ccccc21. The number of nitrogens with one attached hydrogen (secondary N) is 1. The van der Waals surface area contributed by atoms with Gasteiger partial charge in [-0.15, -0.1) is 0 Å². The molecule has 0 saturated carbocycles. The predicted molar refractivity (Wildman–Crippen MR) is 75.8 cm³/mol. The van der Waals surface area contributed by atoms with Crippen molar-refractivity contribution in [3.63, 3.8) is 0 Å². The third kappa shape index (κ3) is 3.33. The van der Waals surface area contributed by atoms with Crippen LogP contribution in [-0.2, 0) is 6.42 Å². The van der Waals surface area contributed by atoms with Gasteiger partial charge in [-0.25, -0.2) is 0 Å². The van der Waals surface area contributed by atoms with Gasteiger partial charge in [0, 0.05) is 19.0 Å². The van der Waals surface area contributed by atoms with E-state index >= 15 is 0 Å². The van der Waals surface area contributed by atoms with Crippen molar-refractivity contribution in [3.8, 4) is 0 Å². The van der Waals surface area contributed by atoms with Gasteiger partial charge in [-0.2, -0.15) is 0 Å². The highest BCUT2D eigenvalue weighted by Crippen LogP contribution is 2.34. The molecule has 1 aliphatic rings. The Bertz CT molecular complexity index is 398. The molecule has 1 aromatic carbocycles. The first-order chi connectivity index (χ1) is 8.48. The maximum atomic E-state index is 10.2. The fraction of sp³-hybridized carbons (Fsp3) is 0.625. The monoisotopic (exact) mass is 247 g/mol. The number of benzene rings is 1. The van der Waals surface area contributed by atoms with Crippen LogP contribution in [0.25, 0.3) is 0 Å². The highest BCUT2D eigenvalue weighted by molar-refractivity contribution is 5.40. The Morgan fingerprint density at radius 1 is 1.39 bits per heavy atom. The van der Waals surface area contributed by atoms with E-state index in [1.54, 1.807) is 0 Å². The largest absolute Gasteiger partial charge is 0.389 e. The summed E-state index contributed by atoms with van der Waals surface area (Å²) in [5.41, 5.74) is 2.38. The Morgan fingerprint density at radius 3 is 2.78 bits per heavy atom. The first-order valence-corrected chi connectivity index (χ1v) is 6.99. The molecular formula is C16H25NO. The highest BCUT2D eigenvalue weighted by Gasteiger charge is 2.26. The third-order valence-corrected chi connectivity index (χ3v) is 3.71. The van der Waals surface area contributed by atoms with Gasteiger partial charge < -0.3 is 10.4 Å². The van der Waals surface area contributed by atoms with Crippen molar-refractivity contribution in [2.75, 3.05) is 13.1 Å². The van der Waals surface area contributed by atoms with Gasteiger partial charge in [0.2, 0.25) is 0 Å². The van der Waals surface area contributed by atoms with E-state index < -0.39 is 5.60 Å². The Hall–Kier alpha value is -0.860. The van der Waals surface area contributed by atoms with Crippen LogP contribution in [0.4, 0.5) is 0 Å². The second kappa shape index (κ2) is 5.41. The summed E-state index contributed by atoms with van der Waals surface area (Å²) in [7, 11) is 0. The van der Waals surface area contributed by atoms with Crippen LogP contribution in [0.2, 0.25) is 0 Å². The van der Waals surface area contributed by atoms with Crippen molar-refractivity contribution in [1.82, 2.24) is 5.32 Å². The summed E-state index contributed by atoms with van der Waals surface area (Å²) in [6.07, 6.45) is 2.02. The zero-order valence-electron chi connectivity index (χ0n) is 11.7. The minimum Gasteiger partial charge on any atom is -0.389 e. The van der Waals surface area contributed by atoms with Crippen molar-refractivity contribution in [2.24, 2.45) is 5.92 Å². The maximum Gasteiger partial charge on any atom is 0.0746 e. The van der Waals surface area contributed by atoms with Crippen LogP contribution in [0.5, 0.6) is 0 Å². The second-order valence-corrected chi connectivity index (χ2v) is 6.33. The second-order valence-electron chi connectivity index (χ2n) is 6.33. The molecule has 2 unspecified atom stereocenters. The molecule has 0 heterocycles. The van der Waals surface area contributed by atoms with Crippen LogP contribution in [0, 0.1) is 5.92 Å². The molecule has 1 aromatic rings. The van der Waals surface area contributed by atoms with Crippen LogP contribution >= 0.6 is 0 Å². The number of hydrogen-bond donors (Lipinski definition) is 2. The molecular weight excluding hydrogens is 222 g/mol. The minimum absolute atomic E-state index is 0.534. The van der Waals surface area contributed by atoms with Gasteiger partial charge in [0.05, 0.1) is 5.60 Å². The molecule has 2 rings (SSSR count). The van der Waals surface area contributed by atoms with Crippen molar-refractivity contribution in [1.29, 1.82) is 0 Å². The van der Waals surface area contributed by atoms with Gasteiger partial charge in [-0.05, 0) is 36.8 Å². The van der Waals surface area contributed by atoms with Gasteiger partial charge in [-0.3, -0.25) is 0 Å². The highest BCUT2D eigenvalue weighted by atomic mass is 16.3. The Labute approximate surface area is 110 Å². The summed E-state index contributed by atoms with van der Waals surface area (Å²) in [4.78, 5) is 0. The number of rotatable bonds is 6. The van der Waals surface area contributed by atoms with Crippen molar-refractivity contribution >= 4 is 0 Å². The smallest absolute Gasteiger partial charge is 0.0746 e. The van der Waals surface area contributed by atoms with Crippen LogP contribution in [0.3, 0.4) is 0 Å². The van der Waals surface area contributed by atoms with E-state index in [9.17, 15) is 5.11 Å². The van der Waals surface area contributed by atoms with Crippen LogP contribution < -0.4 is 5.32 Å². The zero-order chi connectivity index (χ0) is 13.2. The predicted octanol–water partition coefficient (Wildman–Crippen LogP) is 2.71. The standard InChI is InChI=1S/C16H25NO/c1-12(2)9-16(3,18)11-17-10-14-8-13-6-4-5-7-15(13)14/h4-7,12,14,17-18H,8-11H2,1-3H3. The summed E-state index contributed by atoms with van der Waals surface area (Å²) in [6.45, 7) is 7.89. The van der Waals surface area contributed by atoms with E-state index in [1.165, 1.54) is 17.5 Å². The normalized spacial score (nSPS) is 21.3. The van der Waals surface area contributed by atoms with Crippen LogP contribution in [-0.4, -0.2) is 23.8 Å². The molecule has 0 radical (unpaired) electrons. The molecule has 2 heteroatoms. The van der Waals surface area contributed by atoms with E-state index in [0.717, 1.165) is 13.0 Å². The first-order valence-electron chi connectivity index (χ1n) is 6.99. The first kappa shape index (κ1) is 13.6. The Kier molecular flexibility index (Phi) is 4.08. The quantitative estimate of drug-likeness (QED) is 0.810. The van der Waals surface area contributed by atoms with E-state index in [-0.39, 0.29) is 0 Å². The van der Waals surface area contributed by atoms with E-state index in [2.05, 4.69) is 43.4 Å². The fourth-order valence-electron chi connectivity index (χ4n) is 3.01. The van der Waals surface area contributed by atoms with Gasteiger partial charge >= 0.3 is 0 Å². The molecule has 2 atom stereocenters. The average molecular weight is 247 g/mol. The number of fused-ring (bicyclic) bond motifs is 1. The molecule has 0 amide bonds. The molecule has 0 saturated heterocycles. The average Bonchev–Trinajstić information content (AvgIpc) is 2.22. The number of hydrogen-bond acceptors (Lipinski definition) is 2. The van der Waals surface area contributed by atoms with Crippen molar-refractivity contribution in [2.45, 2.75) is 45.1 Å². The summed E-state index contributed by atoms with van der Waals surface area (Å²) in [5, 5.41) is 13.6. The van der Waals surface area contributed by atoms with Gasteiger partial charge in [0.25, 0.3) is 0 Å². The van der Waals surface area contributed by atoms with E-state index in [0.29, 0.717) is 18.4 Å². The molecule has 0 bridgehead atoms. The minimum atomic E-state index is -0.586. The topological polar surface area (TPSA) is 32.3 Å². The lowest BCUT2D eigenvalue weighted by Gasteiger charge is -2.32. The Balaban J connectivity index is 1.75. The van der Waals surface area contributed by atoms with Crippen molar-refractivity contribution in [3.05, 3.63) is 35.4 Å². The van der Waals surface area contributed by atoms with Crippen LogP contribution in [0.15, 0.2) is 24.3 Å². The molecule has 18 heavy (non-hydrogen) atoms. The molecule has 100 valence electrons. The molecule has 2 N–H and O–H groups in total. The summed E-state index contributed by atoms with van der Waals surface area (Å²) in [6, 6.07) is 8.65. The van der Waals surface area contributed by atoms with Crippen molar-refractivity contribution < 1.29 is 5.11 Å². The molecule has 0 spiro atoms. The maximum absolute atomic E-state index is 10.2. The van der Waals surface area contributed by atoms with Gasteiger partial charge in [0.15, 0.2) is 0 Å². The van der Waals surface area contributed by atoms with Gasteiger partial charge in [0.1, 0.15) is 0 Å². The Morgan fingerprint density at radius 2 is 2.11 bits per heavy atom. The zero-order valence-corrected chi connectivity index (χ0v) is 11.7. The molecule has 0 aromatic heterocycles. The van der Waals surface area contributed by atoms with E-state index in [1.807, 2.05) is 6.92 Å². The molecule has 0 fully saturated rings. The fourth-order valence-corrected chi connectivity index (χ4v) is 3.01. The molecule has 2 nitrogen and oxygen atoms in total. The molecule has 0 aliphatic heterocycles. The summed E-state index contributed by atoms with van der Waals surface area (Å²) < 4.78 is 0. The summed E-state index contributed by atoms with van der Waals surface area (Å²) >= 11 is 0. The van der Waals surface area contributed by atoms with Gasteiger partial charge in [-0.1, -0.05) is 38.1 Å². The lowest BCUT2D eigenvalue weighted by atomic mass is 9.77. The lowest BCUT2D eigenvalue weighted by molar-refractivity contribution is 0.0383.